The van der Waals surface area contributed by atoms with Gasteiger partial charge in [0.25, 0.3) is 0 Å². The molecule has 5 heteroatoms. The Morgan fingerprint density at radius 1 is 1.61 bits per heavy atom. The second kappa shape index (κ2) is 6.59. The number of carbonyl (C=O) groups is 1. The second-order valence-corrected chi connectivity index (χ2v) is 6.83. The van der Waals surface area contributed by atoms with Crippen molar-refractivity contribution in [1.82, 2.24) is 5.32 Å². The van der Waals surface area contributed by atoms with Gasteiger partial charge < -0.3 is 11.1 Å². The fourth-order valence-corrected chi connectivity index (χ4v) is 3.85. The predicted molar refractivity (Wildman–Crippen MR) is 79.2 cm³/mol. The maximum Gasteiger partial charge on any atom is 0.237 e. The first kappa shape index (κ1) is 13.9. The number of aryl methyl sites for hydroxylation is 2. The normalized spacial score (nSPS) is 15.4. The van der Waals surface area contributed by atoms with Gasteiger partial charge in [-0.15, -0.1) is 11.3 Å². The molecule has 2 rings (SSSR count). The van der Waals surface area contributed by atoms with E-state index in [1.807, 2.05) is 17.6 Å². The lowest BCUT2D eigenvalue weighted by atomic mass is 10.2. The van der Waals surface area contributed by atoms with Crippen LogP contribution < -0.4 is 11.1 Å². The first-order valence-electron chi connectivity index (χ1n) is 6.33. The van der Waals surface area contributed by atoms with Crippen LogP contribution in [0.4, 0.5) is 0 Å². The molecule has 3 nitrogen and oxygen atoms in total. The smallest absolute Gasteiger partial charge is 0.237 e. The Balaban J connectivity index is 1.78. The SMILES string of the molecule is CSCC[C@H](N)C(=O)NCc1cc2c(s1)CCC2. The highest BCUT2D eigenvalue weighted by atomic mass is 32.2. The maximum absolute atomic E-state index is 11.8. The Morgan fingerprint density at radius 2 is 2.44 bits per heavy atom. The number of amides is 1. The molecular weight excluding hydrogens is 264 g/mol. The maximum atomic E-state index is 11.8. The van der Waals surface area contributed by atoms with Gasteiger partial charge in [-0.2, -0.15) is 11.8 Å². The molecule has 1 aromatic rings. The van der Waals surface area contributed by atoms with Crippen LogP contribution in [0.25, 0.3) is 0 Å². The van der Waals surface area contributed by atoms with Crippen LogP contribution in [-0.2, 0) is 24.2 Å². The molecule has 0 radical (unpaired) electrons. The molecule has 0 aromatic carbocycles. The third-order valence-electron chi connectivity index (χ3n) is 3.20. The minimum absolute atomic E-state index is 0.0300. The molecule has 1 amide bonds. The fourth-order valence-electron chi connectivity index (χ4n) is 2.16. The Morgan fingerprint density at radius 3 is 3.17 bits per heavy atom. The zero-order valence-corrected chi connectivity index (χ0v) is 12.3. The van der Waals surface area contributed by atoms with Gasteiger partial charge in [0, 0.05) is 9.75 Å². The Bertz CT molecular complexity index is 396. The molecule has 0 saturated carbocycles. The number of nitrogens with two attached hydrogens (primary N) is 1. The van der Waals surface area contributed by atoms with Gasteiger partial charge in [-0.05, 0) is 49.3 Å². The molecule has 3 N–H and O–H groups in total. The minimum atomic E-state index is -0.371. The Hall–Kier alpha value is -0.520. The summed E-state index contributed by atoms with van der Waals surface area (Å²) in [7, 11) is 0. The van der Waals surface area contributed by atoms with Crippen LogP contribution in [-0.4, -0.2) is 24.0 Å². The number of rotatable bonds is 6. The molecule has 0 spiro atoms. The van der Waals surface area contributed by atoms with E-state index in [0.717, 1.165) is 12.2 Å². The summed E-state index contributed by atoms with van der Waals surface area (Å²) in [4.78, 5) is 14.5. The van der Waals surface area contributed by atoms with E-state index in [9.17, 15) is 4.79 Å². The van der Waals surface area contributed by atoms with Crippen molar-refractivity contribution in [2.24, 2.45) is 5.73 Å². The van der Waals surface area contributed by atoms with E-state index < -0.39 is 0 Å². The zero-order valence-electron chi connectivity index (χ0n) is 10.7. The first-order valence-corrected chi connectivity index (χ1v) is 8.54. The van der Waals surface area contributed by atoms with Crippen LogP contribution in [0.15, 0.2) is 6.07 Å². The number of hydrogen-bond donors (Lipinski definition) is 2. The number of thioether (sulfide) groups is 1. The fraction of sp³-hybridized carbons (Fsp3) is 0.615. The molecule has 1 aliphatic rings. The first-order chi connectivity index (χ1) is 8.70. The number of nitrogens with one attached hydrogen (secondary N) is 1. The van der Waals surface area contributed by atoms with Crippen LogP contribution in [0.2, 0.25) is 0 Å². The third-order valence-corrected chi connectivity index (χ3v) is 5.09. The molecule has 0 saturated heterocycles. The zero-order chi connectivity index (χ0) is 13.0. The molecule has 0 fully saturated rings. The molecule has 0 aliphatic heterocycles. The summed E-state index contributed by atoms with van der Waals surface area (Å²) in [5.41, 5.74) is 7.30. The van der Waals surface area contributed by atoms with Crippen molar-refractivity contribution >= 4 is 29.0 Å². The van der Waals surface area contributed by atoms with Crippen molar-refractivity contribution in [3.8, 4) is 0 Å². The minimum Gasteiger partial charge on any atom is -0.350 e. The Kier molecular flexibility index (Phi) is 5.09. The van der Waals surface area contributed by atoms with Gasteiger partial charge in [0.05, 0.1) is 12.6 Å². The second-order valence-electron chi connectivity index (χ2n) is 4.62. The lowest BCUT2D eigenvalue weighted by Crippen LogP contribution is -2.40. The van der Waals surface area contributed by atoms with Gasteiger partial charge in [0.2, 0.25) is 5.91 Å². The molecule has 0 unspecified atom stereocenters. The van der Waals surface area contributed by atoms with Crippen LogP contribution >= 0.6 is 23.1 Å². The lowest BCUT2D eigenvalue weighted by molar-refractivity contribution is -0.122. The van der Waals surface area contributed by atoms with Crippen molar-refractivity contribution in [2.45, 2.75) is 38.3 Å². The summed E-state index contributed by atoms with van der Waals surface area (Å²) in [6, 6.07) is 1.87. The van der Waals surface area contributed by atoms with Crippen LogP contribution in [0.3, 0.4) is 0 Å². The van der Waals surface area contributed by atoms with Gasteiger partial charge >= 0.3 is 0 Å². The third kappa shape index (κ3) is 3.49. The number of hydrogen-bond acceptors (Lipinski definition) is 4. The van der Waals surface area contributed by atoms with Crippen molar-refractivity contribution in [2.75, 3.05) is 12.0 Å². The summed E-state index contributed by atoms with van der Waals surface area (Å²) in [5.74, 6) is 0.902. The summed E-state index contributed by atoms with van der Waals surface area (Å²) in [5, 5.41) is 2.93. The number of carbonyl (C=O) groups excluding carboxylic acids is 1. The molecular formula is C13H20N2OS2. The largest absolute Gasteiger partial charge is 0.350 e. The topological polar surface area (TPSA) is 55.1 Å². The predicted octanol–water partition coefficient (Wildman–Crippen LogP) is 1.93. The summed E-state index contributed by atoms with van der Waals surface area (Å²) in [6.45, 7) is 0.628. The van der Waals surface area contributed by atoms with Gasteiger partial charge in [-0.1, -0.05) is 0 Å². The Labute approximate surface area is 117 Å². The van der Waals surface area contributed by atoms with Crippen molar-refractivity contribution < 1.29 is 4.79 Å². The van der Waals surface area contributed by atoms with Crippen molar-refractivity contribution in [3.05, 3.63) is 21.4 Å². The van der Waals surface area contributed by atoms with E-state index in [0.29, 0.717) is 6.54 Å². The average molecular weight is 284 g/mol. The molecule has 100 valence electrons. The molecule has 0 bridgehead atoms. The van der Waals surface area contributed by atoms with E-state index in [-0.39, 0.29) is 11.9 Å². The number of fused-ring (bicyclic) bond motifs is 1. The molecule has 18 heavy (non-hydrogen) atoms. The average Bonchev–Trinajstić information content (AvgIpc) is 2.93. The van der Waals surface area contributed by atoms with Crippen molar-refractivity contribution in [3.63, 3.8) is 0 Å². The van der Waals surface area contributed by atoms with Crippen LogP contribution in [0.5, 0.6) is 0 Å². The van der Waals surface area contributed by atoms with Crippen LogP contribution in [0.1, 0.15) is 28.2 Å². The van der Waals surface area contributed by atoms with Crippen LogP contribution in [0, 0.1) is 0 Å². The quantitative estimate of drug-likeness (QED) is 0.839. The van der Waals surface area contributed by atoms with Gasteiger partial charge in [-0.3, -0.25) is 4.79 Å². The highest BCUT2D eigenvalue weighted by Crippen LogP contribution is 2.30. The highest BCUT2D eigenvalue weighted by Gasteiger charge is 2.16. The lowest BCUT2D eigenvalue weighted by Gasteiger charge is -2.10. The van der Waals surface area contributed by atoms with Gasteiger partial charge in [0.15, 0.2) is 0 Å². The van der Waals surface area contributed by atoms with E-state index in [1.165, 1.54) is 34.6 Å². The molecule has 1 aromatic heterocycles. The van der Waals surface area contributed by atoms with Gasteiger partial charge in [-0.25, -0.2) is 0 Å². The summed E-state index contributed by atoms with van der Waals surface area (Å²) in [6.07, 6.45) is 6.47. The van der Waals surface area contributed by atoms with Gasteiger partial charge in [0.1, 0.15) is 0 Å². The van der Waals surface area contributed by atoms with E-state index in [4.69, 9.17) is 5.73 Å². The summed E-state index contributed by atoms with van der Waals surface area (Å²) >= 11 is 3.55. The van der Waals surface area contributed by atoms with Crippen molar-refractivity contribution in [1.29, 1.82) is 0 Å². The van der Waals surface area contributed by atoms with E-state index >= 15 is 0 Å². The molecule has 1 atom stereocenters. The standard InChI is InChI=1S/C13H20N2OS2/c1-17-6-5-11(14)13(16)15-8-10-7-9-3-2-4-12(9)18-10/h7,11H,2-6,8,14H2,1H3,(H,15,16)/t11-/m0/s1. The number of thiophene rings is 1. The van der Waals surface area contributed by atoms with E-state index in [2.05, 4.69) is 11.4 Å². The summed E-state index contributed by atoms with van der Waals surface area (Å²) < 4.78 is 0. The molecule has 1 aliphatic carbocycles. The highest BCUT2D eigenvalue weighted by molar-refractivity contribution is 7.98. The van der Waals surface area contributed by atoms with E-state index in [1.54, 1.807) is 11.8 Å². The monoisotopic (exact) mass is 284 g/mol. The molecule has 1 heterocycles.